The average molecular weight is 331 g/mol. The predicted molar refractivity (Wildman–Crippen MR) is 97.1 cm³/mol. The van der Waals surface area contributed by atoms with Gasteiger partial charge in [-0.3, -0.25) is 4.98 Å². The third-order valence-corrected chi connectivity index (χ3v) is 3.88. The zero-order valence-electron chi connectivity index (χ0n) is 13.4. The molecule has 0 aliphatic heterocycles. The number of hydrogen-bond acceptors (Lipinski definition) is 3. The number of nitrogens with zero attached hydrogens (tertiary/aromatic N) is 5. The van der Waals surface area contributed by atoms with Crippen LogP contribution >= 0.6 is 0 Å². The van der Waals surface area contributed by atoms with Crippen molar-refractivity contribution in [2.45, 2.75) is 0 Å². The van der Waals surface area contributed by atoms with Crippen LogP contribution in [0, 0.1) is 35.8 Å². The Labute approximate surface area is 150 Å². The Balaban J connectivity index is 2.19. The van der Waals surface area contributed by atoms with Gasteiger partial charge in [0.25, 0.3) is 0 Å². The molecule has 0 spiro atoms. The summed E-state index contributed by atoms with van der Waals surface area (Å²) >= 11 is 0. The second-order valence-corrected chi connectivity index (χ2v) is 5.29. The molecule has 0 aliphatic rings. The molecule has 2 aromatic carbocycles. The van der Waals surface area contributed by atoms with Crippen molar-refractivity contribution in [3.05, 3.63) is 88.7 Å². The number of pyridine rings is 1. The summed E-state index contributed by atoms with van der Waals surface area (Å²) in [6.07, 6.45) is 1.68. The molecule has 0 amide bonds. The summed E-state index contributed by atoms with van der Waals surface area (Å²) in [6.45, 7) is 14.7. The van der Waals surface area contributed by atoms with Crippen LogP contribution in [0.4, 0.5) is 11.4 Å². The highest BCUT2D eigenvalue weighted by Gasteiger charge is 2.20. The van der Waals surface area contributed by atoms with Gasteiger partial charge in [0.05, 0.1) is 42.1 Å². The zero-order valence-corrected chi connectivity index (χ0v) is 13.4. The van der Waals surface area contributed by atoms with Gasteiger partial charge in [-0.2, -0.15) is 10.5 Å². The molecule has 118 valence electrons. The van der Waals surface area contributed by atoms with Crippen molar-refractivity contribution in [3.8, 4) is 34.5 Å². The van der Waals surface area contributed by atoms with E-state index in [1.165, 1.54) is 6.07 Å². The van der Waals surface area contributed by atoms with Crippen LogP contribution in [0.15, 0.2) is 54.7 Å². The molecule has 0 N–H and O–H groups in total. The first kappa shape index (κ1) is 16.4. The van der Waals surface area contributed by atoms with Gasteiger partial charge in [-0.25, -0.2) is 9.69 Å². The Morgan fingerprint density at radius 3 is 2.12 bits per heavy atom. The largest absolute Gasteiger partial charge is 0.257 e. The Hall–Kier alpha value is -4.45. The van der Waals surface area contributed by atoms with Gasteiger partial charge in [0.2, 0.25) is 11.4 Å². The highest BCUT2D eigenvalue weighted by molar-refractivity contribution is 5.92. The maximum Gasteiger partial charge on any atom is 0.213 e. The van der Waals surface area contributed by atoms with Crippen LogP contribution < -0.4 is 0 Å². The Kier molecular flexibility index (Phi) is 4.40. The van der Waals surface area contributed by atoms with Crippen molar-refractivity contribution < 1.29 is 0 Å². The number of rotatable bonds is 2. The highest BCUT2D eigenvalue weighted by atomic mass is 14.8. The van der Waals surface area contributed by atoms with Crippen molar-refractivity contribution >= 4 is 11.4 Å². The zero-order chi connectivity index (χ0) is 18.5. The van der Waals surface area contributed by atoms with E-state index in [0.29, 0.717) is 11.3 Å². The molecular weight excluding hydrogens is 322 g/mol. The molecule has 0 radical (unpaired) electrons. The highest BCUT2D eigenvalue weighted by Crippen LogP contribution is 2.42. The smallest absolute Gasteiger partial charge is 0.213 e. The van der Waals surface area contributed by atoms with Crippen LogP contribution in [0.1, 0.15) is 11.1 Å². The van der Waals surface area contributed by atoms with Gasteiger partial charge in [-0.05, 0) is 23.3 Å². The van der Waals surface area contributed by atoms with E-state index in [4.69, 9.17) is 13.1 Å². The quantitative estimate of drug-likeness (QED) is 0.601. The molecular formula is C21H9N5. The Bertz CT molecular complexity index is 1150. The minimum Gasteiger partial charge on any atom is -0.257 e. The second-order valence-electron chi connectivity index (χ2n) is 5.29. The van der Waals surface area contributed by atoms with Crippen LogP contribution in [0.3, 0.4) is 0 Å². The van der Waals surface area contributed by atoms with Crippen molar-refractivity contribution in [1.29, 1.82) is 10.5 Å². The maximum absolute atomic E-state index is 9.30. The average Bonchev–Trinajstić information content (AvgIpc) is 2.72. The van der Waals surface area contributed by atoms with Gasteiger partial charge < -0.3 is 0 Å². The molecule has 1 aromatic heterocycles. The number of aromatic nitrogens is 1. The van der Waals surface area contributed by atoms with Crippen LogP contribution in [0.25, 0.3) is 32.1 Å². The number of benzene rings is 2. The maximum atomic E-state index is 9.30. The fourth-order valence-electron chi connectivity index (χ4n) is 2.63. The van der Waals surface area contributed by atoms with Crippen LogP contribution in [0.2, 0.25) is 0 Å². The van der Waals surface area contributed by atoms with Gasteiger partial charge >= 0.3 is 0 Å². The molecule has 5 heteroatoms. The standard InChI is InChI=1S/C21H9N5/c1-24-20-17(10-16(11-22)18(12-23)21(20)25-2)19-9-8-15(13-26-19)14-6-4-3-5-7-14/h3-10,13H. The van der Waals surface area contributed by atoms with Crippen molar-refractivity contribution in [2.24, 2.45) is 0 Å². The molecule has 3 rings (SSSR count). The van der Waals surface area contributed by atoms with Crippen molar-refractivity contribution in [2.75, 3.05) is 0 Å². The molecule has 1 heterocycles. The molecule has 0 saturated carbocycles. The van der Waals surface area contributed by atoms with E-state index in [2.05, 4.69) is 14.7 Å². The van der Waals surface area contributed by atoms with E-state index in [0.717, 1.165) is 11.1 Å². The van der Waals surface area contributed by atoms with Gasteiger partial charge in [-0.15, -0.1) is 0 Å². The van der Waals surface area contributed by atoms with Crippen LogP contribution in [0.5, 0.6) is 0 Å². The first-order valence-electron chi connectivity index (χ1n) is 7.51. The lowest BCUT2D eigenvalue weighted by molar-refractivity contribution is 1.32. The third kappa shape index (κ3) is 2.74. The first-order valence-corrected chi connectivity index (χ1v) is 7.51. The molecule has 0 fully saturated rings. The molecule has 3 aromatic rings. The van der Waals surface area contributed by atoms with E-state index in [1.807, 2.05) is 48.5 Å². The van der Waals surface area contributed by atoms with E-state index in [-0.39, 0.29) is 22.5 Å². The number of hydrogen-bond donors (Lipinski definition) is 0. The monoisotopic (exact) mass is 331 g/mol. The van der Waals surface area contributed by atoms with E-state index < -0.39 is 0 Å². The normalized spacial score (nSPS) is 9.38. The summed E-state index contributed by atoms with van der Waals surface area (Å²) < 4.78 is 0. The van der Waals surface area contributed by atoms with Crippen molar-refractivity contribution in [1.82, 2.24) is 4.98 Å². The SMILES string of the molecule is [C-]#[N+]c1c(-c2ccc(-c3ccccc3)cn2)cc(C#N)c(C#N)c1[N+]#[C-]. The summed E-state index contributed by atoms with van der Waals surface area (Å²) in [5.74, 6) is 0. The number of nitriles is 2. The fourth-order valence-corrected chi connectivity index (χ4v) is 2.63. The molecule has 0 aliphatic carbocycles. The molecule has 0 atom stereocenters. The van der Waals surface area contributed by atoms with Gasteiger partial charge in [0.15, 0.2) is 0 Å². The topological polar surface area (TPSA) is 69.2 Å². The van der Waals surface area contributed by atoms with Gasteiger partial charge in [0.1, 0.15) is 0 Å². The lowest BCUT2D eigenvalue weighted by Crippen LogP contribution is -1.91. The summed E-state index contributed by atoms with van der Waals surface area (Å²) in [6, 6.07) is 18.6. The molecule has 0 saturated heterocycles. The van der Waals surface area contributed by atoms with Crippen molar-refractivity contribution in [3.63, 3.8) is 0 Å². The molecule has 5 nitrogen and oxygen atoms in total. The first-order chi connectivity index (χ1) is 12.7. The summed E-state index contributed by atoms with van der Waals surface area (Å²) in [7, 11) is 0. The lowest BCUT2D eigenvalue weighted by atomic mass is 9.98. The van der Waals surface area contributed by atoms with E-state index in [9.17, 15) is 10.5 Å². The minimum atomic E-state index is -0.106. The fraction of sp³-hybridized carbons (Fsp3) is 0. The Morgan fingerprint density at radius 1 is 0.846 bits per heavy atom. The van der Waals surface area contributed by atoms with Gasteiger partial charge in [-0.1, -0.05) is 36.4 Å². The Morgan fingerprint density at radius 2 is 1.58 bits per heavy atom. The predicted octanol–water partition coefficient (Wildman–Crippen LogP) is 5.26. The third-order valence-electron chi connectivity index (χ3n) is 3.88. The second kappa shape index (κ2) is 6.98. The van der Waals surface area contributed by atoms with E-state index >= 15 is 0 Å². The summed E-state index contributed by atoms with van der Waals surface area (Å²) in [4.78, 5) is 11.1. The summed E-state index contributed by atoms with van der Waals surface area (Å²) in [5.41, 5.74) is 2.70. The molecule has 0 bridgehead atoms. The van der Waals surface area contributed by atoms with Crippen LogP contribution in [-0.2, 0) is 0 Å². The molecule has 26 heavy (non-hydrogen) atoms. The lowest BCUT2D eigenvalue weighted by Gasteiger charge is -2.09. The van der Waals surface area contributed by atoms with E-state index in [1.54, 1.807) is 12.3 Å². The summed E-state index contributed by atoms with van der Waals surface area (Å²) in [5, 5.41) is 18.5. The minimum absolute atomic E-state index is 0.0375. The molecule has 0 unspecified atom stereocenters. The van der Waals surface area contributed by atoms with Crippen LogP contribution in [-0.4, -0.2) is 4.98 Å². The van der Waals surface area contributed by atoms with Gasteiger partial charge in [0, 0.05) is 11.8 Å².